The minimum absolute atomic E-state index is 0.0791. The Morgan fingerprint density at radius 1 is 1.00 bits per heavy atom. The van der Waals surface area contributed by atoms with E-state index in [0.717, 1.165) is 22.3 Å². The zero-order valence-electron chi connectivity index (χ0n) is 14.1. The predicted molar refractivity (Wildman–Crippen MR) is 102 cm³/mol. The lowest BCUT2D eigenvalue weighted by atomic mass is 10.0. The van der Waals surface area contributed by atoms with Crippen LogP contribution in [0.2, 0.25) is 0 Å². The smallest absolute Gasteiger partial charge is 0.244 e. The van der Waals surface area contributed by atoms with Crippen molar-refractivity contribution < 1.29 is 4.79 Å². The van der Waals surface area contributed by atoms with Crippen LogP contribution < -0.4 is 5.32 Å². The van der Waals surface area contributed by atoms with Gasteiger partial charge in [-0.05, 0) is 47.4 Å². The van der Waals surface area contributed by atoms with E-state index in [2.05, 4.69) is 16.4 Å². The molecule has 3 nitrogen and oxygen atoms in total. The molecule has 0 aliphatic heterocycles. The SMILES string of the molecule is C[C@H](NC(=O)/C=C/c1ccccc1)c1cccc(-c2cccnc2)c1. The number of nitrogens with one attached hydrogen (secondary N) is 1. The highest BCUT2D eigenvalue weighted by atomic mass is 16.1. The molecular weight excluding hydrogens is 308 g/mol. The Morgan fingerprint density at radius 3 is 2.56 bits per heavy atom. The molecule has 124 valence electrons. The molecule has 25 heavy (non-hydrogen) atoms. The van der Waals surface area contributed by atoms with E-state index in [-0.39, 0.29) is 11.9 Å². The first-order valence-electron chi connectivity index (χ1n) is 8.26. The van der Waals surface area contributed by atoms with E-state index in [1.807, 2.05) is 79.9 Å². The molecule has 3 aromatic rings. The van der Waals surface area contributed by atoms with Gasteiger partial charge in [-0.25, -0.2) is 0 Å². The Labute approximate surface area is 148 Å². The van der Waals surface area contributed by atoms with Gasteiger partial charge in [0.2, 0.25) is 5.91 Å². The highest BCUT2D eigenvalue weighted by molar-refractivity contribution is 5.92. The van der Waals surface area contributed by atoms with Crippen molar-refractivity contribution in [1.82, 2.24) is 10.3 Å². The molecule has 0 bridgehead atoms. The predicted octanol–water partition coefficient (Wildman–Crippen LogP) is 4.64. The van der Waals surface area contributed by atoms with Crippen molar-refractivity contribution in [3.63, 3.8) is 0 Å². The molecule has 1 aromatic heterocycles. The van der Waals surface area contributed by atoms with Gasteiger partial charge in [0.25, 0.3) is 0 Å². The van der Waals surface area contributed by atoms with Crippen LogP contribution in [0.1, 0.15) is 24.1 Å². The van der Waals surface area contributed by atoms with E-state index in [1.165, 1.54) is 0 Å². The Bertz CT molecular complexity index is 857. The topological polar surface area (TPSA) is 42.0 Å². The number of amides is 1. The van der Waals surface area contributed by atoms with Crippen LogP contribution in [0.5, 0.6) is 0 Å². The van der Waals surface area contributed by atoms with Crippen molar-refractivity contribution in [2.24, 2.45) is 0 Å². The maximum atomic E-state index is 12.1. The second-order valence-corrected chi connectivity index (χ2v) is 5.84. The molecule has 1 heterocycles. The van der Waals surface area contributed by atoms with Gasteiger partial charge < -0.3 is 5.32 Å². The minimum Gasteiger partial charge on any atom is -0.346 e. The molecule has 0 radical (unpaired) electrons. The molecule has 0 saturated heterocycles. The summed E-state index contributed by atoms with van der Waals surface area (Å²) in [6.07, 6.45) is 6.98. The van der Waals surface area contributed by atoms with Gasteiger partial charge in [-0.15, -0.1) is 0 Å². The summed E-state index contributed by atoms with van der Waals surface area (Å²) >= 11 is 0. The number of hydrogen-bond acceptors (Lipinski definition) is 2. The third kappa shape index (κ3) is 4.64. The highest BCUT2D eigenvalue weighted by Crippen LogP contribution is 2.22. The lowest BCUT2D eigenvalue weighted by Gasteiger charge is -2.14. The standard InChI is InChI=1S/C22H20N2O/c1-17(24-22(25)13-12-18-7-3-2-4-8-18)19-9-5-10-20(15-19)21-11-6-14-23-16-21/h2-17H,1H3,(H,24,25)/b13-12+/t17-/m0/s1. The molecule has 1 amide bonds. The van der Waals surface area contributed by atoms with Crippen molar-refractivity contribution in [3.8, 4) is 11.1 Å². The normalized spacial score (nSPS) is 12.0. The molecule has 0 fully saturated rings. The Morgan fingerprint density at radius 2 is 1.80 bits per heavy atom. The van der Waals surface area contributed by atoms with E-state index in [9.17, 15) is 4.79 Å². The zero-order valence-corrected chi connectivity index (χ0v) is 14.1. The minimum atomic E-state index is -0.108. The quantitative estimate of drug-likeness (QED) is 0.693. The average Bonchev–Trinajstić information content (AvgIpc) is 2.68. The van der Waals surface area contributed by atoms with E-state index < -0.39 is 0 Å². The van der Waals surface area contributed by atoms with Crippen molar-refractivity contribution in [2.75, 3.05) is 0 Å². The van der Waals surface area contributed by atoms with Crippen molar-refractivity contribution in [3.05, 3.63) is 96.3 Å². The summed E-state index contributed by atoms with van der Waals surface area (Å²) in [5.41, 5.74) is 4.21. The van der Waals surface area contributed by atoms with Gasteiger partial charge in [0.05, 0.1) is 6.04 Å². The maximum absolute atomic E-state index is 12.1. The zero-order chi connectivity index (χ0) is 17.5. The Balaban J connectivity index is 1.68. The first-order chi connectivity index (χ1) is 12.2. The molecule has 2 aromatic carbocycles. The molecule has 0 aliphatic carbocycles. The van der Waals surface area contributed by atoms with Crippen LogP contribution in [-0.4, -0.2) is 10.9 Å². The van der Waals surface area contributed by atoms with E-state index in [0.29, 0.717) is 0 Å². The second kappa shape index (κ2) is 8.06. The first kappa shape index (κ1) is 16.7. The third-order valence-corrected chi connectivity index (χ3v) is 3.97. The summed E-state index contributed by atoms with van der Waals surface area (Å²) in [4.78, 5) is 16.3. The fourth-order valence-electron chi connectivity index (χ4n) is 2.60. The van der Waals surface area contributed by atoms with Gasteiger partial charge in [-0.3, -0.25) is 9.78 Å². The molecule has 3 heteroatoms. The van der Waals surface area contributed by atoms with Crippen LogP contribution in [0.15, 0.2) is 85.2 Å². The fraction of sp³-hybridized carbons (Fsp3) is 0.0909. The van der Waals surface area contributed by atoms with Gasteiger partial charge >= 0.3 is 0 Å². The summed E-state index contributed by atoms with van der Waals surface area (Å²) in [5, 5.41) is 3.00. The van der Waals surface area contributed by atoms with Crippen LogP contribution in [0.3, 0.4) is 0 Å². The van der Waals surface area contributed by atoms with Gasteiger partial charge in [0.15, 0.2) is 0 Å². The Hall–Kier alpha value is -3.20. The monoisotopic (exact) mass is 328 g/mol. The number of benzene rings is 2. The number of hydrogen-bond donors (Lipinski definition) is 1. The molecule has 3 rings (SSSR count). The third-order valence-electron chi connectivity index (χ3n) is 3.97. The number of rotatable bonds is 5. The van der Waals surface area contributed by atoms with Crippen molar-refractivity contribution >= 4 is 12.0 Å². The van der Waals surface area contributed by atoms with Gasteiger partial charge in [-0.1, -0.05) is 54.6 Å². The average molecular weight is 328 g/mol. The molecule has 1 N–H and O–H groups in total. The number of carbonyl (C=O) groups excluding carboxylic acids is 1. The summed E-state index contributed by atoms with van der Waals surface area (Å²) < 4.78 is 0. The number of aromatic nitrogens is 1. The summed E-state index contributed by atoms with van der Waals surface area (Å²) in [5.74, 6) is -0.108. The lowest BCUT2D eigenvalue weighted by molar-refractivity contribution is -0.117. The molecular formula is C22H20N2O. The van der Waals surface area contributed by atoms with Crippen LogP contribution in [-0.2, 0) is 4.79 Å². The number of pyridine rings is 1. The van der Waals surface area contributed by atoms with Gasteiger partial charge in [-0.2, -0.15) is 0 Å². The highest BCUT2D eigenvalue weighted by Gasteiger charge is 2.08. The van der Waals surface area contributed by atoms with Crippen LogP contribution in [0.4, 0.5) is 0 Å². The van der Waals surface area contributed by atoms with Crippen LogP contribution in [0, 0.1) is 0 Å². The molecule has 0 saturated carbocycles. The Kier molecular flexibility index (Phi) is 5.37. The number of nitrogens with zero attached hydrogens (tertiary/aromatic N) is 1. The second-order valence-electron chi connectivity index (χ2n) is 5.84. The number of carbonyl (C=O) groups is 1. The largest absolute Gasteiger partial charge is 0.346 e. The summed E-state index contributed by atoms with van der Waals surface area (Å²) in [7, 11) is 0. The fourth-order valence-corrected chi connectivity index (χ4v) is 2.60. The lowest BCUT2D eigenvalue weighted by Crippen LogP contribution is -2.24. The van der Waals surface area contributed by atoms with E-state index in [4.69, 9.17) is 0 Å². The molecule has 0 spiro atoms. The van der Waals surface area contributed by atoms with Crippen LogP contribution >= 0.6 is 0 Å². The van der Waals surface area contributed by atoms with Crippen molar-refractivity contribution in [2.45, 2.75) is 13.0 Å². The summed E-state index contributed by atoms with van der Waals surface area (Å²) in [6.45, 7) is 1.98. The van der Waals surface area contributed by atoms with E-state index in [1.54, 1.807) is 12.3 Å². The van der Waals surface area contributed by atoms with Gasteiger partial charge in [0.1, 0.15) is 0 Å². The van der Waals surface area contributed by atoms with Crippen LogP contribution in [0.25, 0.3) is 17.2 Å². The first-order valence-corrected chi connectivity index (χ1v) is 8.26. The van der Waals surface area contributed by atoms with E-state index >= 15 is 0 Å². The molecule has 1 atom stereocenters. The van der Waals surface area contributed by atoms with Gasteiger partial charge in [0, 0.05) is 18.5 Å². The molecule has 0 aliphatic rings. The molecule has 0 unspecified atom stereocenters. The summed E-state index contributed by atoms with van der Waals surface area (Å²) in [6, 6.07) is 21.8. The maximum Gasteiger partial charge on any atom is 0.244 e. The van der Waals surface area contributed by atoms with Crippen molar-refractivity contribution in [1.29, 1.82) is 0 Å².